The highest BCUT2D eigenvalue weighted by atomic mass is 16.6. The molecule has 1 N–H and O–H groups in total. The molecular weight excluding hydrogens is 735 g/mol. The third kappa shape index (κ3) is 7.72. The van der Waals surface area contributed by atoms with Crippen LogP contribution in [0, 0.1) is 6.92 Å². The van der Waals surface area contributed by atoms with Crippen LogP contribution in [0.3, 0.4) is 0 Å². The normalized spacial score (nSPS) is 16.6. The SMILES string of the molecule is Cc1c(C(=O)N(C)c2ccccc2)cc(-c2cc3c(cc2C(=O)N2Cc4ccccc4C[C@H]2CN2CCOCC2)CN(C(=O)Oc2ccc(C(=O)O)cc2)CC3)n1C. The van der Waals surface area contributed by atoms with Crippen molar-refractivity contribution < 1.29 is 33.8 Å². The Kier molecular flexibility index (Phi) is 10.9. The molecule has 3 aliphatic heterocycles. The molecular formula is C46H47N5O7. The molecule has 0 saturated carbocycles. The van der Waals surface area contributed by atoms with E-state index < -0.39 is 12.1 Å². The maximum absolute atomic E-state index is 15.4. The first-order chi connectivity index (χ1) is 28.0. The number of hydrogen-bond donors (Lipinski definition) is 1. The minimum Gasteiger partial charge on any atom is -0.478 e. The number of para-hydroxylation sites is 1. The Bertz CT molecular complexity index is 2370. The van der Waals surface area contributed by atoms with Crippen LogP contribution in [0.4, 0.5) is 10.5 Å². The van der Waals surface area contributed by atoms with Crippen LogP contribution in [-0.2, 0) is 37.7 Å². The number of morpholine rings is 1. The zero-order valence-electron chi connectivity index (χ0n) is 33.0. The summed E-state index contributed by atoms with van der Waals surface area (Å²) >= 11 is 0. The number of anilines is 1. The molecule has 4 heterocycles. The Morgan fingerprint density at radius 3 is 2.24 bits per heavy atom. The van der Waals surface area contributed by atoms with E-state index in [4.69, 9.17) is 9.47 Å². The van der Waals surface area contributed by atoms with Gasteiger partial charge in [0.05, 0.1) is 24.3 Å². The van der Waals surface area contributed by atoms with E-state index in [0.717, 1.165) is 58.8 Å². The number of carboxylic acids is 1. The highest BCUT2D eigenvalue weighted by Gasteiger charge is 2.35. The van der Waals surface area contributed by atoms with Crippen molar-refractivity contribution in [2.45, 2.75) is 38.9 Å². The summed E-state index contributed by atoms with van der Waals surface area (Å²) < 4.78 is 13.3. The number of carbonyl (C=O) groups excluding carboxylic acids is 3. The summed E-state index contributed by atoms with van der Waals surface area (Å²) in [6, 6.07) is 29.3. The number of aromatic carboxylic acids is 1. The molecule has 12 heteroatoms. The lowest BCUT2D eigenvalue weighted by Gasteiger charge is -2.41. The first kappa shape index (κ1) is 38.6. The van der Waals surface area contributed by atoms with E-state index in [-0.39, 0.29) is 35.7 Å². The highest BCUT2D eigenvalue weighted by molar-refractivity contribution is 6.08. The Balaban J connectivity index is 1.17. The van der Waals surface area contributed by atoms with Gasteiger partial charge in [-0.05, 0) is 96.6 Å². The van der Waals surface area contributed by atoms with Gasteiger partial charge >= 0.3 is 12.1 Å². The maximum Gasteiger partial charge on any atom is 0.415 e. The number of carboxylic acid groups (broad SMARTS) is 1. The molecule has 0 unspecified atom stereocenters. The molecule has 0 aliphatic carbocycles. The van der Waals surface area contributed by atoms with Crippen LogP contribution in [-0.4, -0.2) is 101 Å². The van der Waals surface area contributed by atoms with E-state index in [2.05, 4.69) is 29.2 Å². The van der Waals surface area contributed by atoms with Crippen LogP contribution < -0.4 is 9.64 Å². The molecule has 0 radical (unpaired) electrons. The first-order valence-electron chi connectivity index (χ1n) is 19.7. The summed E-state index contributed by atoms with van der Waals surface area (Å²) in [5, 5.41) is 9.27. The topological polar surface area (TPSA) is 125 Å². The number of rotatable bonds is 8. The van der Waals surface area contributed by atoms with Crippen LogP contribution in [0.15, 0.2) is 97.1 Å². The third-order valence-corrected chi connectivity index (χ3v) is 11.8. The lowest BCUT2D eigenvalue weighted by atomic mass is 9.89. The standard InChI is InChI=1S/C46H47N5O7/c1-30-39(43(52)48(3)36-11-5-4-6-12-36)26-42(47(30)2)40-24-33-17-18-50(46(56)58-38-15-13-31(14-16-38)45(54)55)27-35(33)25-41(40)44(53)51-28-34-10-8-7-9-32(34)23-37(51)29-49-19-21-57-22-20-49/h4-16,24-26,37H,17-23,27-29H2,1-3H3,(H,54,55)/t37-/m0/s1. The number of benzene rings is 4. The fourth-order valence-electron chi connectivity index (χ4n) is 8.33. The molecule has 12 nitrogen and oxygen atoms in total. The largest absolute Gasteiger partial charge is 0.478 e. The Morgan fingerprint density at radius 1 is 0.810 bits per heavy atom. The number of nitrogens with zero attached hydrogens (tertiary/aromatic N) is 5. The monoisotopic (exact) mass is 781 g/mol. The predicted octanol–water partition coefficient (Wildman–Crippen LogP) is 6.43. The minimum atomic E-state index is -1.07. The average Bonchev–Trinajstić information content (AvgIpc) is 3.55. The molecule has 0 bridgehead atoms. The van der Waals surface area contributed by atoms with Gasteiger partial charge in [-0.2, -0.15) is 0 Å². The van der Waals surface area contributed by atoms with Gasteiger partial charge in [-0.3, -0.25) is 14.5 Å². The van der Waals surface area contributed by atoms with E-state index in [1.807, 2.05) is 72.0 Å². The maximum atomic E-state index is 15.4. The molecule has 8 rings (SSSR count). The molecule has 1 fully saturated rings. The number of carbonyl (C=O) groups is 4. The van der Waals surface area contributed by atoms with Crippen LogP contribution in [0.25, 0.3) is 11.3 Å². The van der Waals surface area contributed by atoms with Crippen molar-refractivity contribution in [3.05, 3.63) is 142 Å². The van der Waals surface area contributed by atoms with Crippen molar-refractivity contribution >= 4 is 29.6 Å². The van der Waals surface area contributed by atoms with Crippen molar-refractivity contribution in [3.63, 3.8) is 0 Å². The molecule has 58 heavy (non-hydrogen) atoms. The summed E-state index contributed by atoms with van der Waals surface area (Å²) in [6.45, 7) is 6.62. The van der Waals surface area contributed by atoms with Gasteiger partial charge in [-0.25, -0.2) is 9.59 Å². The molecule has 3 amide bonds. The molecule has 1 saturated heterocycles. The smallest absolute Gasteiger partial charge is 0.415 e. The first-order valence-corrected chi connectivity index (χ1v) is 19.7. The van der Waals surface area contributed by atoms with Crippen LogP contribution in [0.1, 0.15) is 59.0 Å². The summed E-state index contributed by atoms with van der Waals surface area (Å²) in [6.07, 6.45) is 0.681. The molecule has 1 atom stereocenters. The second-order valence-electron chi connectivity index (χ2n) is 15.3. The summed E-state index contributed by atoms with van der Waals surface area (Å²) in [7, 11) is 3.69. The fourth-order valence-corrected chi connectivity index (χ4v) is 8.33. The van der Waals surface area contributed by atoms with E-state index in [9.17, 15) is 19.5 Å². The zero-order valence-corrected chi connectivity index (χ0v) is 33.0. The van der Waals surface area contributed by atoms with Crippen LogP contribution in [0.5, 0.6) is 5.75 Å². The molecule has 298 valence electrons. The second kappa shape index (κ2) is 16.3. The number of ether oxygens (including phenoxy) is 2. The zero-order chi connectivity index (χ0) is 40.5. The van der Waals surface area contributed by atoms with E-state index >= 15 is 4.79 Å². The van der Waals surface area contributed by atoms with Gasteiger partial charge in [-0.1, -0.05) is 42.5 Å². The Labute approximate surface area is 337 Å². The lowest BCUT2D eigenvalue weighted by molar-refractivity contribution is 0.0193. The van der Waals surface area contributed by atoms with Crippen molar-refractivity contribution in [3.8, 4) is 17.0 Å². The third-order valence-electron chi connectivity index (χ3n) is 11.8. The Hall–Kier alpha value is -6.24. The van der Waals surface area contributed by atoms with E-state index in [0.29, 0.717) is 50.4 Å². The number of hydrogen-bond acceptors (Lipinski definition) is 7. The van der Waals surface area contributed by atoms with Gasteiger partial charge in [0.25, 0.3) is 11.8 Å². The summed E-state index contributed by atoms with van der Waals surface area (Å²) in [5.41, 5.74) is 8.38. The van der Waals surface area contributed by atoms with Gasteiger partial charge < -0.3 is 33.8 Å². The second-order valence-corrected chi connectivity index (χ2v) is 15.3. The van der Waals surface area contributed by atoms with Crippen molar-refractivity contribution in [2.24, 2.45) is 7.05 Å². The quantitative estimate of drug-likeness (QED) is 0.191. The summed E-state index contributed by atoms with van der Waals surface area (Å²) in [5.74, 6) is -1.09. The molecule has 1 aromatic heterocycles. The van der Waals surface area contributed by atoms with Gasteiger partial charge in [0.1, 0.15) is 5.75 Å². The van der Waals surface area contributed by atoms with Gasteiger partial charge in [-0.15, -0.1) is 0 Å². The van der Waals surface area contributed by atoms with Gasteiger partial charge in [0.15, 0.2) is 0 Å². The fraction of sp³-hybridized carbons (Fsp3) is 0.304. The van der Waals surface area contributed by atoms with E-state index in [1.54, 1.807) is 16.8 Å². The van der Waals surface area contributed by atoms with Crippen molar-refractivity contribution in [1.82, 2.24) is 19.3 Å². The number of fused-ring (bicyclic) bond motifs is 2. The minimum absolute atomic E-state index is 0.0878. The highest BCUT2D eigenvalue weighted by Crippen LogP contribution is 2.36. The lowest BCUT2D eigenvalue weighted by Crippen LogP contribution is -2.52. The van der Waals surface area contributed by atoms with Crippen molar-refractivity contribution in [2.75, 3.05) is 51.3 Å². The average molecular weight is 782 g/mol. The molecule has 3 aliphatic rings. The Morgan fingerprint density at radius 2 is 1.52 bits per heavy atom. The number of amides is 3. The van der Waals surface area contributed by atoms with Crippen LogP contribution >= 0.6 is 0 Å². The molecule has 5 aromatic rings. The molecule has 4 aromatic carbocycles. The molecule has 0 spiro atoms. The van der Waals surface area contributed by atoms with Gasteiger partial charge in [0, 0.05) is 87.6 Å². The van der Waals surface area contributed by atoms with Gasteiger partial charge in [0.2, 0.25) is 0 Å². The van der Waals surface area contributed by atoms with Crippen molar-refractivity contribution in [1.29, 1.82) is 0 Å². The summed E-state index contributed by atoms with van der Waals surface area (Å²) in [4.78, 5) is 61.8. The van der Waals surface area contributed by atoms with Crippen LogP contribution in [0.2, 0.25) is 0 Å². The van der Waals surface area contributed by atoms with E-state index in [1.165, 1.54) is 29.8 Å². The number of aromatic nitrogens is 1. The predicted molar refractivity (Wildman–Crippen MR) is 219 cm³/mol.